The van der Waals surface area contributed by atoms with Crippen molar-refractivity contribution in [1.82, 2.24) is 0 Å². The Morgan fingerprint density at radius 2 is 2.10 bits per heavy atom. The van der Waals surface area contributed by atoms with Gasteiger partial charge in [0.2, 0.25) is 0 Å². The lowest BCUT2D eigenvalue weighted by molar-refractivity contribution is -0.119. The number of benzene rings is 2. The molecule has 0 fully saturated rings. The largest absolute Gasteiger partial charge is 0.484 e. The number of carbonyl (C=O) groups is 1. The highest BCUT2D eigenvalue weighted by molar-refractivity contribution is 6.31. The molecule has 0 aromatic heterocycles. The van der Waals surface area contributed by atoms with Gasteiger partial charge in [-0.15, -0.1) is 0 Å². The highest BCUT2D eigenvalue weighted by atomic mass is 35.5. The molecule has 0 unspecified atom stereocenters. The second kappa shape index (κ2) is 6.95. The quantitative estimate of drug-likeness (QED) is 0.862. The van der Waals surface area contributed by atoms with E-state index in [0.717, 1.165) is 5.56 Å². The number of ether oxygens (including phenoxy) is 1. The van der Waals surface area contributed by atoms with Gasteiger partial charge in [-0.3, -0.25) is 4.79 Å². The Labute approximate surface area is 126 Å². The first-order valence-corrected chi connectivity index (χ1v) is 6.61. The van der Waals surface area contributed by atoms with Gasteiger partial charge in [-0.1, -0.05) is 23.7 Å². The lowest BCUT2D eigenvalue weighted by Gasteiger charge is -2.09. The number of nitrogens with one attached hydrogen (secondary N) is 1. The van der Waals surface area contributed by atoms with Crippen LogP contribution in [0, 0.1) is 5.82 Å². The third kappa shape index (κ3) is 4.65. The van der Waals surface area contributed by atoms with Crippen molar-refractivity contribution in [3.8, 4) is 5.75 Å². The molecular formula is C15H14ClFN2O2. The maximum Gasteiger partial charge on any atom is 0.255 e. The molecule has 2 aromatic rings. The van der Waals surface area contributed by atoms with Crippen LogP contribution in [0.3, 0.4) is 0 Å². The van der Waals surface area contributed by atoms with Gasteiger partial charge in [0.05, 0.1) is 5.02 Å². The van der Waals surface area contributed by atoms with Crippen molar-refractivity contribution in [1.29, 1.82) is 0 Å². The van der Waals surface area contributed by atoms with E-state index in [1.807, 2.05) is 12.1 Å². The topological polar surface area (TPSA) is 64.4 Å². The van der Waals surface area contributed by atoms with Crippen molar-refractivity contribution in [2.45, 2.75) is 6.54 Å². The fraction of sp³-hybridized carbons (Fsp3) is 0.133. The summed E-state index contributed by atoms with van der Waals surface area (Å²) in [4.78, 5) is 10.7. The van der Waals surface area contributed by atoms with E-state index in [-0.39, 0.29) is 11.6 Å². The predicted octanol–water partition coefficient (Wildman–Crippen LogP) is 2.96. The molecule has 0 spiro atoms. The van der Waals surface area contributed by atoms with Gasteiger partial charge in [0.25, 0.3) is 5.91 Å². The Hall–Kier alpha value is -2.27. The molecule has 0 bridgehead atoms. The molecule has 0 radical (unpaired) electrons. The van der Waals surface area contributed by atoms with Crippen LogP contribution in [0.5, 0.6) is 5.75 Å². The number of nitrogens with two attached hydrogens (primary N) is 1. The van der Waals surface area contributed by atoms with Gasteiger partial charge in [0, 0.05) is 12.2 Å². The molecule has 6 heteroatoms. The Balaban J connectivity index is 1.97. The van der Waals surface area contributed by atoms with Gasteiger partial charge in [0.1, 0.15) is 11.6 Å². The Morgan fingerprint density at radius 1 is 1.29 bits per heavy atom. The van der Waals surface area contributed by atoms with Crippen LogP contribution in [0.1, 0.15) is 5.56 Å². The zero-order chi connectivity index (χ0) is 15.2. The summed E-state index contributed by atoms with van der Waals surface area (Å²) in [5, 5.41) is 3.19. The summed E-state index contributed by atoms with van der Waals surface area (Å²) in [5.74, 6) is -0.422. The molecule has 0 heterocycles. The van der Waals surface area contributed by atoms with Crippen molar-refractivity contribution >= 4 is 23.2 Å². The first-order chi connectivity index (χ1) is 10.0. The molecule has 4 nitrogen and oxygen atoms in total. The average Bonchev–Trinajstić information content (AvgIpc) is 2.47. The number of primary amides is 1. The van der Waals surface area contributed by atoms with E-state index in [1.165, 1.54) is 12.1 Å². The van der Waals surface area contributed by atoms with Crippen LogP contribution in [-0.2, 0) is 11.3 Å². The Kier molecular flexibility index (Phi) is 5.00. The number of hydrogen-bond acceptors (Lipinski definition) is 3. The lowest BCUT2D eigenvalue weighted by atomic mass is 10.2. The number of amides is 1. The summed E-state index contributed by atoms with van der Waals surface area (Å²) in [5.41, 5.74) is 6.67. The van der Waals surface area contributed by atoms with Crippen LogP contribution in [0.15, 0.2) is 42.5 Å². The molecule has 1 amide bonds. The third-order valence-electron chi connectivity index (χ3n) is 2.70. The van der Waals surface area contributed by atoms with Gasteiger partial charge in [-0.25, -0.2) is 4.39 Å². The molecule has 21 heavy (non-hydrogen) atoms. The minimum atomic E-state index is -0.528. The van der Waals surface area contributed by atoms with Crippen LogP contribution in [0.25, 0.3) is 0 Å². The van der Waals surface area contributed by atoms with Crippen LogP contribution in [0.4, 0.5) is 10.1 Å². The standard InChI is InChI=1S/C15H14ClFN2O2/c16-13-7-11(4-5-14(13)17)19-8-10-2-1-3-12(6-10)21-9-15(18)20/h1-7,19H,8-9H2,(H2,18,20). The first kappa shape index (κ1) is 15.1. The third-order valence-corrected chi connectivity index (χ3v) is 2.99. The average molecular weight is 309 g/mol. The van der Waals surface area contributed by atoms with Crippen LogP contribution in [-0.4, -0.2) is 12.5 Å². The van der Waals surface area contributed by atoms with E-state index < -0.39 is 11.7 Å². The fourth-order valence-electron chi connectivity index (χ4n) is 1.71. The van der Waals surface area contributed by atoms with E-state index in [2.05, 4.69) is 5.32 Å². The summed E-state index contributed by atoms with van der Waals surface area (Å²) in [6, 6.07) is 11.7. The van der Waals surface area contributed by atoms with Crippen molar-refractivity contribution in [2.75, 3.05) is 11.9 Å². The molecule has 0 aliphatic rings. The van der Waals surface area contributed by atoms with Crippen molar-refractivity contribution in [3.05, 3.63) is 58.9 Å². The molecule has 3 N–H and O–H groups in total. The van der Waals surface area contributed by atoms with E-state index in [4.69, 9.17) is 22.1 Å². The monoisotopic (exact) mass is 308 g/mol. The Bertz CT molecular complexity index is 649. The maximum absolute atomic E-state index is 13.1. The van der Waals surface area contributed by atoms with Crippen molar-refractivity contribution < 1.29 is 13.9 Å². The smallest absolute Gasteiger partial charge is 0.255 e. The normalized spacial score (nSPS) is 10.2. The van der Waals surface area contributed by atoms with E-state index >= 15 is 0 Å². The van der Waals surface area contributed by atoms with E-state index in [1.54, 1.807) is 18.2 Å². The summed E-state index contributed by atoms with van der Waals surface area (Å²) in [6.07, 6.45) is 0. The molecule has 0 aliphatic carbocycles. The van der Waals surface area contributed by atoms with Crippen LogP contribution < -0.4 is 15.8 Å². The molecule has 110 valence electrons. The molecule has 0 saturated carbocycles. The molecular weight excluding hydrogens is 295 g/mol. The lowest BCUT2D eigenvalue weighted by Crippen LogP contribution is -2.20. The second-order valence-electron chi connectivity index (χ2n) is 4.38. The number of anilines is 1. The minimum Gasteiger partial charge on any atom is -0.484 e. The van der Waals surface area contributed by atoms with Gasteiger partial charge in [-0.2, -0.15) is 0 Å². The fourth-order valence-corrected chi connectivity index (χ4v) is 1.89. The van der Waals surface area contributed by atoms with E-state index in [0.29, 0.717) is 18.0 Å². The van der Waals surface area contributed by atoms with Gasteiger partial charge in [0.15, 0.2) is 6.61 Å². The van der Waals surface area contributed by atoms with Gasteiger partial charge >= 0.3 is 0 Å². The second-order valence-corrected chi connectivity index (χ2v) is 4.79. The Morgan fingerprint density at radius 3 is 2.81 bits per heavy atom. The zero-order valence-corrected chi connectivity index (χ0v) is 11.9. The number of rotatable bonds is 6. The summed E-state index contributed by atoms with van der Waals surface area (Å²) < 4.78 is 18.3. The highest BCUT2D eigenvalue weighted by Crippen LogP contribution is 2.20. The molecule has 2 aromatic carbocycles. The minimum absolute atomic E-state index is 0.0681. The number of hydrogen-bond donors (Lipinski definition) is 2. The summed E-state index contributed by atoms with van der Waals surface area (Å²) >= 11 is 5.71. The van der Waals surface area contributed by atoms with Crippen LogP contribution >= 0.6 is 11.6 Å². The van der Waals surface area contributed by atoms with E-state index in [9.17, 15) is 9.18 Å². The molecule has 2 rings (SSSR count). The predicted molar refractivity (Wildman–Crippen MR) is 79.9 cm³/mol. The molecule has 0 aliphatic heterocycles. The van der Waals surface area contributed by atoms with Crippen molar-refractivity contribution in [3.63, 3.8) is 0 Å². The molecule has 0 atom stereocenters. The van der Waals surface area contributed by atoms with Crippen LogP contribution in [0.2, 0.25) is 5.02 Å². The van der Waals surface area contributed by atoms with Gasteiger partial charge in [-0.05, 0) is 35.9 Å². The molecule has 0 saturated heterocycles. The van der Waals surface area contributed by atoms with Crippen molar-refractivity contribution in [2.24, 2.45) is 5.73 Å². The highest BCUT2D eigenvalue weighted by Gasteiger charge is 2.02. The first-order valence-electron chi connectivity index (χ1n) is 6.23. The maximum atomic E-state index is 13.1. The summed E-state index contributed by atoms with van der Waals surface area (Å²) in [6.45, 7) is 0.347. The zero-order valence-electron chi connectivity index (χ0n) is 11.1. The summed E-state index contributed by atoms with van der Waals surface area (Å²) in [7, 11) is 0. The number of halogens is 2. The SMILES string of the molecule is NC(=O)COc1cccc(CNc2ccc(F)c(Cl)c2)c1. The number of carbonyl (C=O) groups excluding carboxylic acids is 1. The van der Waals surface area contributed by atoms with Gasteiger partial charge < -0.3 is 15.8 Å².